The molecule has 1 aromatic heterocycles. The summed E-state index contributed by atoms with van der Waals surface area (Å²) in [6.07, 6.45) is 1.34. The van der Waals surface area contributed by atoms with E-state index in [1.54, 1.807) is 49.4 Å². The molecule has 32 heavy (non-hydrogen) atoms. The summed E-state index contributed by atoms with van der Waals surface area (Å²) in [5.74, 6) is -0.484. The zero-order valence-electron chi connectivity index (χ0n) is 16.5. The number of hydrogen-bond acceptors (Lipinski definition) is 6. The predicted octanol–water partition coefficient (Wildman–Crippen LogP) is 4.76. The topological polar surface area (TPSA) is 106 Å². The number of non-ortho nitro benzene ring substituents is 1. The third-order valence-electron chi connectivity index (χ3n) is 4.77. The third-order valence-corrected chi connectivity index (χ3v) is 5.55. The molecule has 0 bridgehead atoms. The number of carbonyl (C=O) groups is 2. The van der Waals surface area contributed by atoms with Crippen LogP contribution in [0.3, 0.4) is 0 Å². The number of hydrogen-bond donors (Lipinski definition) is 1. The molecule has 10 heteroatoms. The van der Waals surface area contributed by atoms with Crippen molar-refractivity contribution in [2.45, 2.75) is 6.92 Å². The maximum atomic E-state index is 13.1. The molecule has 1 aliphatic heterocycles. The molecule has 0 unspecified atom stereocenters. The third kappa shape index (κ3) is 4.10. The van der Waals surface area contributed by atoms with Crippen molar-refractivity contribution in [3.8, 4) is 11.3 Å². The van der Waals surface area contributed by atoms with E-state index in [2.05, 4.69) is 21.2 Å². The van der Waals surface area contributed by atoms with Crippen LogP contribution in [0.15, 0.2) is 69.1 Å². The molecular formula is C22H14BrN3O5S. The summed E-state index contributed by atoms with van der Waals surface area (Å²) in [6.45, 7) is 1.73. The summed E-state index contributed by atoms with van der Waals surface area (Å²) < 4.78 is 6.55. The highest BCUT2D eigenvalue weighted by atomic mass is 79.9. The van der Waals surface area contributed by atoms with Gasteiger partial charge in [0.2, 0.25) is 0 Å². The Balaban J connectivity index is 1.67. The van der Waals surface area contributed by atoms with E-state index in [9.17, 15) is 19.7 Å². The fraction of sp³-hybridized carbons (Fsp3) is 0.0455. The molecule has 3 aromatic rings. The van der Waals surface area contributed by atoms with Gasteiger partial charge in [-0.2, -0.15) is 0 Å². The molecule has 0 radical (unpaired) electrons. The molecule has 160 valence electrons. The number of furan rings is 1. The van der Waals surface area contributed by atoms with Crippen molar-refractivity contribution in [1.82, 2.24) is 5.32 Å². The van der Waals surface area contributed by atoms with Crippen molar-refractivity contribution < 1.29 is 18.9 Å². The highest BCUT2D eigenvalue weighted by Crippen LogP contribution is 2.30. The van der Waals surface area contributed by atoms with Gasteiger partial charge in [-0.15, -0.1) is 0 Å². The Morgan fingerprint density at radius 1 is 1.16 bits per heavy atom. The van der Waals surface area contributed by atoms with Crippen LogP contribution in [0, 0.1) is 17.0 Å². The lowest BCUT2D eigenvalue weighted by atomic mass is 10.1. The number of nitrogens with zero attached hydrogens (tertiary/aromatic N) is 2. The standard InChI is InChI=1S/C22H14BrN3O5S/c1-12-9-15(26(29)30)5-7-17(12)19-8-6-16(31-19)11-18-20(27)24-22(32)25(21(18)28)14-4-2-3-13(23)10-14/h2-11H,1H3,(H,24,27,32)/b18-11-. The van der Waals surface area contributed by atoms with Gasteiger partial charge >= 0.3 is 0 Å². The summed E-state index contributed by atoms with van der Waals surface area (Å²) in [7, 11) is 0. The van der Waals surface area contributed by atoms with E-state index in [1.807, 2.05) is 0 Å². The lowest BCUT2D eigenvalue weighted by Gasteiger charge is -2.28. The van der Waals surface area contributed by atoms with Crippen molar-refractivity contribution in [2.24, 2.45) is 0 Å². The van der Waals surface area contributed by atoms with Crippen LogP contribution in [-0.2, 0) is 9.59 Å². The molecule has 8 nitrogen and oxygen atoms in total. The molecule has 0 spiro atoms. The average molecular weight is 512 g/mol. The quantitative estimate of drug-likeness (QED) is 0.178. The fourth-order valence-corrected chi connectivity index (χ4v) is 3.93. The molecule has 2 heterocycles. The molecule has 4 rings (SSSR count). The van der Waals surface area contributed by atoms with Gasteiger partial charge in [0.1, 0.15) is 17.1 Å². The minimum absolute atomic E-state index is 0.0168. The second kappa shape index (κ2) is 8.48. The van der Waals surface area contributed by atoms with Crippen molar-refractivity contribution in [3.63, 3.8) is 0 Å². The van der Waals surface area contributed by atoms with Crippen LogP contribution < -0.4 is 10.2 Å². The number of nitro groups is 1. The zero-order chi connectivity index (χ0) is 23.0. The maximum absolute atomic E-state index is 13.1. The van der Waals surface area contributed by atoms with Gasteiger partial charge in [0.05, 0.1) is 10.6 Å². The van der Waals surface area contributed by atoms with Crippen molar-refractivity contribution in [2.75, 3.05) is 4.90 Å². The lowest BCUT2D eigenvalue weighted by Crippen LogP contribution is -2.54. The largest absolute Gasteiger partial charge is 0.457 e. The molecule has 1 fully saturated rings. The summed E-state index contributed by atoms with van der Waals surface area (Å²) in [5, 5.41) is 13.5. The normalized spacial score (nSPS) is 15.2. The van der Waals surface area contributed by atoms with Crippen LogP contribution >= 0.6 is 28.1 Å². The number of anilines is 1. The molecule has 2 aromatic carbocycles. The Morgan fingerprint density at radius 2 is 1.94 bits per heavy atom. The summed E-state index contributed by atoms with van der Waals surface area (Å²) in [5.41, 5.74) is 1.66. The summed E-state index contributed by atoms with van der Waals surface area (Å²) in [4.78, 5) is 37.3. The van der Waals surface area contributed by atoms with Gasteiger partial charge in [0, 0.05) is 22.2 Å². The molecule has 2 amide bonds. The molecular weight excluding hydrogens is 498 g/mol. The van der Waals surface area contributed by atoms with Gasteiger partial charge in [0.25, 0.3) is 17.5 Å². The lowest BCUT2D eigenvalue weighted by molar-refractivity contribution is -0.384. The fourth-order valence-electron chi connectivity index (χ4n) is 3.26. The first kappa shape index (κ1) is 21.6. The molecule has 0 saturated carbocycles. The van der Waals surface area contributed by atoms with Crippen LogP contribution in [0.1, 0.15) is 11.3 Å². The van der Waals surface area contributed by atoms with Crippen molar-refractivity contribution >= 4 is 62.5 Å². The van der Waals surface area contributed by atoms with E-state index in [4.69, 9.17) is 16.6 Å². The Morgan fingerprint density at radius 3 is 2.62 bits per heavy atom. The van der Waals surface area contributed by atoms with E-state index < -0.39 is 16.7 Å². The number of amides is 2. The van der Waals surface area contributed by atoms with E-state index in [1.165, 1.54) is 23.1 Å². The summed E-state index contributed by atoms with van der Waals surface area (Å²) in [6, 6.07) is 14.7. The van der Waals surface area contributed by atoms with Crippen molar-refractivity contribution in [3.05, 3.63) is 86.1 Å². The first-order chi connectivity index (χ1) is 15.2. The van der Waals surface area contributed by atoms with Gasteiger partial charge in [-0.3, -0.25) is 29.9 Å². The van der Waals surface area contributed by atoms with Crippen LogP contribution in [0.5, 0.6) is 0 Å². The van der Waals surface area contributed by atoms with Gasteiger partial charge < -0.3 is 4.42 Å². The Bertz CT molecular complexity index is 1330. The van der Waals surface area contributed by atoms with Crippen LogP contribution in [-0.4, -0.2) is 21.9 Å². The number of benzene rings is 2. The molecule has 1 saturated heterocycles. The zero-order valence-corrected chi connectivity index (χ0v) is 18.9. The summed E-state index contributed by atoms with van der Waals surface area (Å²) >= 11 is 8.55. The molecule has 1 N–H and O–H groups in total. The smallest absolute Gasteiger partial charge is 0.270 e. The van der Waals surface area contributed by atoms with Gasteiger partial charge in [-0.05, 0) is 67.2 Å². The van der Waals surface area contributed by atoms with Gasteiger partial charge in [-0.1, -0.05) is 22.0 Å². The SMILES string of the molecule is Cc1cc([N+](=O)[O-])ccc1-c1ccc(/C=C2/C(=O)NC(=S)N(c3cccc(Br)c3)C2=O)o1. The first-order valence-electron chi connectivity index (χ1n) is 9.27. The average Bonchev–Trinajstić information content (AvgIpc) is 3.19. The maximum Gasteiger partial charge on any atom is 0.270 e. The monoisotopic (exact) mass is 511 g/mol. The van der Waals surface area contributed by atoms with E-state index in [-0.39, 0.29) is 22.1 Å². The van der Waals surface area contributed by atoms with Crippen LogP contribution in [0.25, 0.3) is 17.4 Å². The Labute approximate surface area is 195 Å². The number of rotatable bonds is 4. The number of thiocarbonyl (C=S) groups is 1. The molecule has 0 aliphatic carbocycles. The van der Waals surface area contributed by atoms with Gasteiger partial charge in [-0.25, -0.2) is 0 Å². The highest BCUT2D eigenvalue weighted by Gasteiger charge is 2.34. The van der Waals surface area contributed by atoms with E-state index in [0.29, 0.717) is 22.6 Å². The Kier molecular flexibility index (Phi) is 5.72. The van der Waals surface area contributed by atoms with Crippen LogP contribution in [0.2, 0.25) is 0 Å². The van der Waals surface area contributed by atoms with E-state index >= 15 is 0 Å². The van der Waals surface area contributed by atoms with Crippen LogP contribution in [0.4, 0.5) is 11.4 Å². The second-order valence-corrected chi connectivity index (χ2v) is 8.20. The number of halogens is 1. The highest BCUT2D eigenvalue weighted by molar-refractivity contribution is 9.10. The number of carbonyl (C=O) groups excluding carboxylic acids is 2. The number of nitro benzene ring substituents is 1. The Hall–Kier alpha value is -3.63. The predicted molar refractivity (Wildman–Crippen MR) is 126 cm³/mol. The first-order valence-corrected chi connectivity index (χ1v) is 10.5. The minimum atomic E-state index is -0.629. The second-order valence-electron chi connectivity index (χ2n) is 6.90. The number of aryl methyl sites for hydroxylation is 1. The van der Waals surface area contributed by atoms with E-state index in [0.717, 1.165) is 4.47 Å². The minimum Gasteiger partial charge on any atom is -0.457 e. The van der Waals surface area contributed by atoms with Gasteiger partial charge in [0.15, 0.2) is 5.11 Å². The molecule has 0 atom stereocenters. The van der Waals surface area contributed by atoms with Crippen molar-refractivity contribution in [1.29, 1.82) is 0 Å². The molecule has 1 aliphatic rings. The number of nitrogens with one attached hydrogen (secondary N) is 1.